The van der Waals surface area contributed by atoms with E-state index in [1.165, 1.54) is 6.92 Å². The number of alkyl halides is 3. The van der Waals surface area contributed by atoms with Crippen LogP contribution in [0.25, 0.3) is 0 Å². The van der Waals surface area contributed by atoms with E-state index < -0.39 is 23.8 Å². The number of hydrogen-bond acceptors (Lipinski definition) is 2. The summed E-state index contributed by atoms with van der Waals surface area (Å²) in [7, 11) is 0. The Hall–Kier alpha value is -1.73. The molecule has 0 radical (unpaired) electrons. The van der Waals surface area contributed by atoms with Gasteiger partial charge in [-0.15, -0.1) is 0 Å². The van der Waals surface area contributed by atoms with Crippen LogP contribution in [-0.2, 0) is 11.0 Å². The minimum Gasteiger partial charge on any atom is -0.481 e. The summed E-state index contributed by atoms with van der Waals surface area (Å²) in [6.07, 6.45) is -5.44. The molecule has 8 heteroatoms. The third kappa shape index (κ3) is 4.88. The van der Waals surface area contributed by atoms with Crippen molar-refractivity contribution in [2.75, 3.05) is 5.32 Å². The third-order valence-corrected chi connectivity index (χ3v) is 3.91. The molecule has 2 aromatic rings. The molecule has 2 rings (SSSR count). The predicted molar refractivity (Wildman–Crippen MR) is 89.3 cm³/mol. The molecule has 1 amide bonds. The molecule has 1 N–H and O–H groups in total. The van der Waals surface area contributed by atoms with Gasteiger partial charge in [0.2, 0.25) is 0 Å². The quantitative estimate of drug-likeness (QED) is 0.704. The van der Waals surface area contributed by atoms with Crippen molar-refractivity contribution in [3.05, 3.63) is 57.5 Å². The van der Waals surface area contributed by atoms with E-state index in [0.29, 0.717) is 5.75 Å². The highest BCUT2D eigenvalue weighted by Crippen LogP contribution is 2.33. The highest BCUT2D eigenvalue weighted by atomic mass is 79.9. The molecule has 0 aliphatic rings. The van der Waals surface area contributed by atoms with Crippen molar-refractivity contribution in [3.8, 4) is 5.75 Å². The molecule has 1 atom stereocenters. The Balaban J connectivity index is 2.09. The molecule has 3 nitrogen and oxygen atoms in total. The third-order valence-electron chi connectivity index (χ3n) is 3.05. The molecule has 0 unspecified atom stereocenters. The van der Waals surface area contributed by atoms with E-state index in [9.17, 15) is 18.0 Å². The molecule has 0 fully saturated rings. The molecule has 0 saturated carbocycles. The van der Waals surface area contributed by atoms with Crippen molar-refractivity contribution in [1.29, 1.82) is 0 Å². The van der Waals surface area contributed by atoms with E-state index in [1.54, 1.807) is 24.3 Å². The van der Waals surface area contributed by atoms with Gasteiger partial charge in [0.05, 0.1) is 16.3 Å². The summed E-state index contributed by atoms with van der Waals surface area (Å²) < 4.78 is 44.5. The lowest BCUT2D eigenvalue weighted by molar-refractivity contribution is -0.137. The first-order chi connectivity index (χ1) is 11.2. The van der Waals surface area contributed by atoms with Gasteiger partial charge in [-0.3, -0.25) is 4.79 Å². The van der Waals surface area contributed by atoms with E-state index in [1.807, 2.05) is 0 Å². The smallest absolute Gasteiger partial charge is 0.416 e. The average Bonchev–Trinajstić information content (AvgIpc) is 2.50. The molecule has 0 aliphatic heterocycles. The van der Waals surface area contributed by atoms with Gasteiger partial charge in [-0.1, -0.05) is 27.5 Å². The van der Waals surface area contributed by atoms with Crippen molar-refractivity contribution in [2.45, 2.75) is 19.2 Å². The van der Waals surface area contributed by atoms with Crippen LogP contribution in [0.3, 0.4) is 0 Å². The maximum absolute atomic E-state index is 12.7. The van der Waals surface area contributed by atoms with Crippen LogP contribution < -0.4 is 10.1 Å². The predicted octanol–water partition coefficient (Wildman–Crippen LogP) is 5.53. The maximum atomic E-state index is 12.7. The van der Waals surface area contributed by atoms with Crippen LogP contribution in [0.1, 0.15) is 12.5 Å². The number of halogens is 5. The Kier molecular flexibility index (Phi) is 5.77. The van der Waals surface area contributed by atoms with Gasteiger partial charge in [0.25, 0.3) is 5.91 Å². The minimum atomic E-state index is -4.52. The summed E-state index contributed by atoms with van der Waals surface area (Å²) in [6.45, 7) is 1.49. The number of amides is 1. The van der Waals surface area contributed by atoms with Gasteiger partial charge in [-0.2, -0.15) is 13.2 Å². The number of anilines is 1. The fraction of sp³-hybridized carbons (Fsp3) is 0.188. The largest absolute Gasteiger partial charge is 0.481 e. The second-order valence-electron chi connectivity index (χ2n) is 4.90. The number of nitrogens with one attached hydrogen (secondary N) is 1. The number of benzene rings is 2. The van der Waals surface area contributed by atoms with E-state index in [2.05, 4.69) is 21.2 Å². The topological polar surface area (TPSA) is 38.3 Å². The zero-order valence-corrected chi connectivity index (χ0v) is 14.7. The monoisotopic (exact) mass is 421 g/mol. The van der Waals surface area contributed by atoms with Gasteiger partial charge in [-0.05, 0) is 49.4 Å². The molecule has 0 spiro atoms. The highest BCUT2D eigenvalue weighted by molar-refractivity contribution is 9.10. The fourth-order valence-corrected chi connectivity index (χ4v) is 2.23. The molecule has 0 saturated heterocycles. The first-order valence-corrected chi connectivity index (χ1v) is 7.94. The zero-order valence-electron chi connectivity index (χ0n) is 12.3. The Morgan fingerprint density at radius 3 is 2.42 bits per heavy atom. The summed E-state index contributed by atoms with van der Waals surface area (Å²) in [5, 5.41) is 2.36. The van der Waals surface area contributed by atoms with Gasteiger partial charge in [-0.25, -0.2) is 0 Å². The van der Waals surface area contributed by atoms with E-state index in [4.69, 9.17) is 16.3 Å². The number of carbonyl (C=O) groups is 1. The summed E-state index contributed by atoms with van der Waals surface area (Å²) in [4.78, 5) is 12.1. The summed E-state index contributed by atoms with van der Waals surface area (Å²) in [5.74, 6) is -0.157. The van der Waals surface area contributed by atoms with Crippen LogP contribution in [-0.4, -0.2) is 12.0 Å². The van der Waals surface area contributed by atoms with Crippen LogP contribution in [0.4, 0.5) is 18.9 Å². The Morgan fingerprint density at radius 1 is 1.21 bits per heavy atom. The van der Waals surface area contributed by atoms with Crippen molar-refractivity contribution >= 4 is 39.1 Å². The second-order valence-corrected chi connectivity index (χ2v) is 6.22. The number of hydrogen-bond donors (Lipinski definition) is 1. The highest BCUT2D eigenvalue weighted by Gasteiger charge is 2.31. The van der Waals surface area contributed by atoms with Gasteiger partial charge >= 0.3 is 6.18 Å². The Labute approximate surface area is 149 Å². The molecule has 24 heavy (non-hydrogen) atoms. The van der Waals surface area contributed by atoms with Crippen LogP contribution in [0.15, 0.2) is 46.9 Å². The van der Waals surface area contributed by atoms with Crippen LogP contribution in [0.5, 0.6) is 5.75 Å². The SMILES string of the molecule is C[C@H](Oc1ccc(Br)cc1)C(=O)Nc1cc(C(F)(F)F)ccc1Cl. The van der Waals surface area contributed by atoms with Gasteiger partial charge < -0.3 is 10.1 Å². The summed E-state index contributed by atoms with van der Waals surface area (Å²) in [6, 6.07) is 9.51. The first-order valence-electron chi connectivity index (χ1n) is 6.76. The van der Waals surface area contributed by atoms with E-state index in [0.717, 1.165) is 22.7 Å². The standard InChI is InChI=1S/C16H12BrClF3NO2/c1-9(24-12-5-3-11(17)4-6-12)15(23)22-14-8-10(16(19,20)21)2-7-13(14)18/h2-9H,1H3,(H,22,23)/t9-/m0/s1. The maximum Gasteiger partial charge on any atom is 0.416 e. The molecule has 0 aliphatic carbocycles. The van der Waals surface area contributed by atoms with Crippen molar-refractivity contribution in [1.82, 2.24) is 0 Å². The van der Waals surface area contributed by atoms with Crippen LogP contribution >= 0.6 is 27.5 Å². The summed E-state index contributed by atoms with van der Waals surface area (Å²) >= 11 is 9.12. The molecular weight excluding hydrogens is 411 g/mol. The Bertz CT molecular complexity index is 735. The van der Waals surface area contributed by atoms with Crippen molar-refractivity contribution < 1.29 is 22.7 Å². The number of carbonyl (C=O) groups excluding carboxylic acids is 1. The summed E-state index contributed by atoms with van der Waals surface area (Å²) in [5.41, 5.74) is -1.02. The van der Waals surface area contributed by atoms with E-state index >= 15 is 0 Å². The second kappa shape index (κ2) is 7.44. The number of rotatable bonds is 4. The van der Waals surface area contributed by atoms with E-state index in [-0.39, 0.29) is 10.7 Å². The lowest BCUT2D eigenvalue weighted by Crippen LogP contribution is -2.30. The Morgan fingerprint density at radius 2 is 1.83 bits per heavy atom. The minimum absolute atomic E-state index is 0.00666. The van der Waals surface area contributed by atoms with Crippen molar-refractivity contribution in [2.24, 2.45) is 0 Å². The van der Waals surface area contributed by atoms with Crippen molar-refractivity contribution in [3.63, 3.8) is 0 Å². The van der Waals surface area contributed by atoms with Gasteiger partial charge in [0, 0.05) is 4.47 Å². The molecule has 0 bridgehead atoms. The average molecular weight is 423 g/mol. The zero-order chi connectivity index (χ0) is 17.9. The molecule has 128 valence electrons. The molecule has 2 aromatic carbocycles. The lowest BCUT2D eigenvalue weighted by atomic mass is 10.2. The van der Waals surface area contributed by atoms with Gasteiger partial charge in [0.15, 0.2) is 6.10 Å². The molecular formula is C16H12BrClF3NO2. The van der Waals surface area contributed by atoms with Gasteiger partial charge in [0.1, 0.15) is 5.75 Å². The normalized spacial score (nSPS) is 12.6. The first kappa shape index (κ1) is 18.6. The lowest BCUT2D eigenvalue weighted by Gasteiger charge is -2.16. The van der Waals surface area contributed by atoms with Crippen LogP contribution in [0.2, 0.25) is 5.02 Å². The fourth-order valence-electron chi connectivity index (χ4n) is 1.80. The number of ether oxygens (including phenoxy) is 1. The van der Waals surface area contributed by atoms with Crippen LogP contribution in [0, 0.1) is 0 Å². The molecule has 0 aromatic heterocycles. The molecule has 0 heterocycles.